The van der Waals surface area contributed by atoms with Crippen LogP contribution in [0.5, 0.6) is 0 Å². The SMILES string of the molecule is CCC[C@@H](C)c1cc(CC)ccc1C. The minimum absolute atomic E-state index is 0.714. The Balaban J connectivity index is 2.93. The third kappa shape index (κ3) is 2.60. The second-order valence-corrected chi connectivity index (χ2v) is 4.23. The minimum Gasteiger partial charge on any atom is -0.0654 e. The van der Waals surface area contributed by atoms with Crippen molar-refractivity contribution in [3.63, 3.8) is 0 Å². The van der Waals surface area contributed by atoms with Gasteiger partial charge in [-0.2, -0.15) is 0 Å². The second kappa shape index (κ2) is 5.19. The highest BCUT2D eigenvalue weighted by Crippen LogP contribution is 2.24. The first-order valence-electron chi connectivity index (χ1n) is 5.78. The van der Waals surface area contributed by atoms with E-state index in [1.807, 2.05) is 0 Å². The highest BCUT2D eigenvalue weighted by molar-refractivity contribution is 5.33. The summed E-state index contributed by atoms with van der Waals surface area (Å²) in [5.41, 5.74) is 4.46. The van der Waals surface area contributed by atoms with Crippen LogP contribution in [0.15, 0.2) is 18.2 Å². The molecule has 0 aliphatic carbocycles. The molecule has 1 aromatic rings. The van der Waals surface area contributed by atoms with E-state index in [1.54, 1.807) is 5.56 Å². The Morgan fingerprint density at radius 2 is 1.93 bits per heavy atom. The van der Waals surface area contributed by atoms with Crippen LogP contribution in [0.4, 0.5) is 0 Å². The van der Waals surface area contributed by atoms with Gasteiger partial charge in [-0.1, -0.05) is 45.4 Å². The van der Waals surface area contributed by atoms with Crippen LogP contribution in [0.3, 0.4) is 0 Å². The van der Waals surface area contributed by atoms with Gasteiger partial charge in [0.05, 0.1) is 0 Å². The summed E-state index contributed by atoms with van der Waals surface area (Å²) in [6.45, 7) is 9.04. The lowest BCUT2D eigenvalue weighted by molar-refractivity contribution is 0.660. The van der Waals surface area contributed by atoms with Gasteiger partial charge in [0.2, 0.25) is 0 Å². The van der Waals surface area contributed by atoms with Crippen molar-refractivity contribution in [2.45, 2.75) is 52.9 Å². The van der Waals surface area contributed by atoms with E-state index in [4.69, 9.17) is 0 Å². The number of hydrogen-bond acceptors (Lipinski definition) is 0. The Morgan fingerprint density at radius 3 is 2.50 bits per heavy atom. The van der Waals surface area contributed by atoms with E-state index in [0.717, 1.165) is 6.42 Å². The molecule has 0 aliphatic heterocycles. The van der Waals surface area contributed by atoms with Crippen molar-refractivity contribution in [3.05, 3.63) is 34.9 Å². The van der Waals surface area contributed by atoms with E-state index in [0.29, 0.717) is 5.92 Å². The first-order valence-corrected chi connectivity index (χ1v) is 5.78. The molecule has 78 valence electrons. The average Bonchev–Trinajstić information content (AvgIpc) is 2.19. The maximum Gasteiger partial charge on any atom is -0.0188 e. The maximum absolute atomic E-state index is 2.38. The van der Waals surface area contributed by atoms with Gasteiger partial charge in [-0.3, -0.25) is 0 Å². The molecule has 0 nitrogen and oxygen atoms in total. The first kappa shape index (κ1) is 11.3. The van der Waals surface area contributed by atoms with Crippen molar-refractivity contribution in [1.29, 1.82) is 0 Å². The van der Waals surface area contributed by atoms with Gasteiger partial charge in [-0.25, -0.2) is 0 Å². The van der Waals surface area contributed by atoms with Crippen molar-refractivity contribution in [2.75, 3.05) is 0 Å². The molecule has 14 heavy (non-hydrogen) atoms. The van der Waals surface area contributed by atoms with Crippen molar-refractivity contribution in [2.24, 2.45) is 0 Å². The molecule has 0 unspecified atom stereocenters. The molecule has 0 aromatic heterocycles. The summed E-state index contributed by atoms with van der Waals surface area (Å²) in [5, 5.41) is 0. The third-order valence-corrected chi connectivity index (χ3v) is 3.00. The smallest absolute Gasteiger partial charge is 0.0188 e. The van der Waals surface area contributed by atoms with Crippen LogP contribution in [0.1, 0.15) is 56.2 Å². The highest BCUT2D eigenvalue weighted by atomic mass is 14.1. The zero-order valence-corrected chi connectivity index (χ0v) is 9.93. The molecule has 0 saturated heterocycles. The van der Waals surface area contributed by atoms with E-state index >= 15 is 0 Å². The summed E-state index contributed by atoms with van der Waals surface area (Å²) in [7, 11) is 0. The van der Waals surface area contributed by atoms with Crippen LogP contribution in [0, 0.1) is 6.92 Å². The Kier molecular flexibility index (Phi) is 4.19. The Morgan fingerprint density at radius 1 is 1.21 bits per heavy atom. The first-order chi connectivity index (χ1) is 6.69. The fraction of sp³-hybridized carbons (Fsp3) is 0.571. The second-order valence-electron chi connectivity index (χ2n) is 4.23. The molecule has 1 rings (SSSR count). The van der Waals surface area contributed by atoms with E-state index in [-0.39, 0.29) is 0 Å². The minimum atomic E-state index is 0.714. The number of hydrogen-bond donors (Lipinski definition) is 0. The van der Waals surface area contributed by atoms with Gasteiger partial charge in [-0.15, -0.1) is 0 Å². The predicted octanol–water partition coefficient (Wildman–Crippen LogP) is 4.46. The van der Waals surface area contributed by atoms with Gasteiger partial charge >= 0.3 is 0 Å². The normalized spacial score (nSPS) is 12.9. The van der Waals surface area contributed by atoms with Crippen LogP contribution in [0.2, 0.25) is 0 Å². The lowest BCUT2D eigenvalue weighted by Crippen LogP contribution is -1.97. The average molecular weight is 190 g/mol. The van der Waals surface area contributed by atoms with Crippen LogP contribution in [0.25, 0.3) is 0 Å². The predicted molar refractivity (Wildman–Crippen MR) is 63.9 cm³/mol. The molecule has 0 heterocycles. The van der Waals surface area contributed by atoms with Crippen LogP contribution in [-0.2, 0) is 6.42 Å². The van der Waals surface area contributed by atoms with Crippen molar-refractivity contribution in [3.8, 4) is 0 Å². The Labute approximate surface area is 88.4 Å². The molecular weight excluding hydrogens is 168 g/mol. The standard InChI is InChI=1S/C14H22/c1-5-7-11(3)14-10-13(6-2)9-8-12(14)4/h8-11H,5-7H2,1-4H3/t11-/m1/s1. The molecule has 1 aromatic carbocycles. The maximum atomic E-state index is 2.38. The zero-order valence-electron chi connectivity index (χ0n) is 9.93. The molecule has 1 atom stereocenters. The molecule has 0 radical (unpaired) electrons. The van der Waals surface area contributed by atoms with Gasteiger partial charge in [0.1, 0.15) is 0 Å². The molecule has 0 N–H and O–H groups in total. The quantitative estimate of drug-likeness (QED) is 0.657. The molecule has 0 bridgehead atoms. The molecule has 0 fully saturated rings. The zero-order chi connectivity index (χ0) is 10.6. The number of benzene rings is 1. The Hall–Kier alpha value is -0.780. The monoisotopic (exact) mass is 190 g/mol. The number of rotatable bonds is 4. The number of aryl methyl sites for hydroxylation is 2. The van der Waals surface area contributed by atoms with E-state index in [1.165, 1.54) is 24.0 Å². The molecule has 0 spiro atoms. The highest BCUT2D eigenvalue weighted by Gasteiger charge is 2.07. The van der Waals surface area contributed by atoms with Crippen LogP contribution >= 0.6 is 0 Å². The summed E-state index contributed by atoms with van der Waals surface area (Å²) in [4.78, 5) is 0. The molecule has 0 aliphatic rings. The summed E-state index contributed by atoms with van der Waals surface area (Å²) in [6.07, 6.45) is 3.72. The molecule has 0 amide bonds. The van der Waals surface area contributed by atoms with Gasteiger partial charge in [0.25, 0.3) is 0 Å². The van der Waals surface area contributed by atoms with Crippen molar-refractivity contribution >= 4 is 0 Å². The largest absolute Gasteiger partial charge is 0.0654 e. The summed E-state index contributed by atoms with van der Waals surface area (Å²) in [6, 6.07) is 6.90. The fourth-order valence-electron chi connectivity index (χ4n) is 2.03. The van der Waals surface area contributed by atoms with Gasteiger partial charge < -0.3 is 0 Å². The van der Waals surface area contributed by atoms with E-state index in [2.05, 4.69) is 45.9 Å². The van der Waals surface area contributed by atoms with Gasteiger partial charge in [0, 0.05) is 0 Å². The van der Waals surface area contributed by atoms with Gasteiger partial charge in [-0.05, 0) is 42.4 Å². The lowest BCUT2D eigenvalue weighted by Gasteiger charge is -2.15. The van der Waals surface area contributed by atoms with Crippen molar-refractivity contribution in [1.82, 2.24) is 0 Å². The van der Waals surface area contributed by atoms with Crippen molar-refractivity contribution < 1.29 is 0 Å². The topological polar surface area (TPSA) is 0 Å². The molecular formula is C14H22. The molecule has 0 heteroatoms. The summed E-state index contributed by atoms with van der Waals surface area (Å²) in [5.74, 6) is 0.714. The summed E-state index contributed by atoms with van der Waals surface area (Å²) < 4.78 is 0. The fourth-order valence-corrected chi connectivity index (χ4v) is 2.03. The van der Waals surface area contributed by atoms with Crippen LogP contribution in [-0.4, -0.2) is 0 Å². The van der Waals surface area contributed by atoms with Gasteiger partial charge in [0.15, 0.2) is 0 Å². The third-order valence-electron chi connectivity index (χ3n) is 3.00. The Bertz CT molecular complexity index is 286. The van der Waals surface area contributed by atoms with E-state index in [9.17, 15) is 0 Å². The summed E-state index contributed by atoms with van der Waals surface area (Å²) >= 11 is 0. The molecule has 0 saturated carbocycles. The van der Waals surface area contributed by atoms with Crippen LogP contribution < -0.4 is 0 Å². The lowest BCUT2D eigenvalue weighted by atomic mass is 9.91. The van der Waals surface area contributed by atoms with E-state index < -0.39 is 0 Å².